The van der Waals surface area contributed by atoms with Crippen LogP contribution in [0.15, 0.2) is 52.1 Å². The van der Waals surface area contributed by atoms with Gasteiger partial charge >= 0.3 is 0 Å². The van der Waals surface area contributed by atoms with Crippen LogP contribution >= 0.6 is 15.9 Å². The first-order valence-electron chi connectivity index (χ1n) is 5.41. The summed E-state index contributed by atoms with van der Waals surface area (Å²) in [5, 5.41) is 8.22. The minimum absolute atomic E-state index is 0.111. The van der Waals surface area contributed by atoms with Gasteiger partial charge in [0.1, 0.15) is 0 Å². The van der Waals surface area contributed by atoms with E-state index in [1.54, 1.807) is 24.5 Å². The van der Waals surface area contributed by atoms with Crippen LogP contribution in [0, 0.1) is 0 Å². The van der Waals surface area contributed by atoms with Gasteiger partial charge in [-0.3, -0.25) is 4.98 Å². The van der Waals surface area contributed by atoms with Crippen LogP contribution in [0.4, 0.5) is 5.69 Å². The van der Waals surface area contributed by atoms with Crippen molar-refractivity contribution in [3.05, 3.63) is 52.8 Å². The van der Waals surface area contributed by atoms with Gasteiger partial charge in [-0.1, -0.05) is 12.1 Å². The summed E-state index contributed by atoms with van der Waals surface area (Å²) in [6.45, 7) is 0.572. The van der Waals surface area contributed by atoms with E-state index in [1.165, 1.54) is 12.1 Å². The normalized spacial score (nSPS) is 11.3. The zero-order valence-corrected chi connectivity index (χ0v) is 12.3. The third-order valence-electron chi connectivity index (χ3n) is 2.45. The number of sulfonamides is 1. The molecule has 7 heteroatoms. The van der Waals surface area contributed by atoms with Crippen molar-refractivity contribution in [2.75, 3.05) is 5.32 Å². The second kappa shape index (κ2) is 5.68. The monoisotopic (exact) mass is 341 g/mol. The number of primary sulfonamides is 1. The molecule has 3 N–H and O–H groups in total. The fourth-order valence-corrected chi connectivity index (χ4v) is 2.39. The van der Waals surface area contributed by atoms with Gasteiger partial charge in [0.2, 0.25) is 10.0 Å². The standard InChI is InChI=1S/C12H12BrN3O2S/c13-10-5-11(8-15-7-10)16-6-9-1-3-12(4-2-9)19(14,17)18/h1-5,7-8,16H,6H2,(H2,14,17,18). The molecule has 0 spiro atoms. The fraction of sp³-hybridized carbons (Fsp3) is 0.0833. The van der Waals surface area contributed by atoms with E-state index in [-0.39, 0.29) is 4.90 Å². The Morgan fingerprint density at radius 3 is 2.47 bits per heavy atom. The first-order valence-corrected chi connectivity index (χ1v) is 7.75. The Balaban J connectivity index is 2.05. The fourth-order valence-electron chi connectivity index (χ4n) is 1.51. The average Bonchev–Trinajstić information content (AvgIpc) is 2.36. The van der Waals surface area contributed by atoms with Crippen LogP contribution in [-0.2, 0) is 16.6 Å². The molecule has 0 aliphatic rings. The summed E-state index contributed by atoms with van der Waals surface area (Å²) >= 11 is 3.34. The van der Waals surface area contributed by atoms with Gasteiger partial charge in [0.15, 0.2) is 0 Å². The third kappa shape index (κ3) is 4.02. The van der Waals surface area contributed by atoms with Crippen LogP contribution in [0.3, 0.4) is 0 Å². The van der Waals surface area contributed by atoms with Crippen molar-refractivity contribution in [3.8, 4) is 0 Å². The summed E-state index contributed by atoms with van der Waals surface area (Å²) in [6, 6.07) is 8.33. The number of anilines is 1. The maximum absolute atomic E-state index is 11.1. The quantitative estimate of drug-likeness (QED) is 0.891. The second-order valence-corrected chi connectivity index (χ2v) is 6.41. The van der Waals surface area contributed by atoms with Gasteiger partial charge in [0.25, 0.3) is 0 Å². The molecule has 2 aromatic rings. The van der Waals surface area contributed by atoms with Gasteiger partial charge in [0.05, 0.1) is 16.8 Å². The van der Waals surface area contributed by atoms with Gasteiger partial charge in [0, 0.05) is 17.2 Å². The highest BCUT2D eigenvalue weighted by atomic mass is 79.9. The van der Waals surface area contributed by atoms with Crippen LogP contribution in [0.25, 0.3) is 0 Å². The van der Waals surface area contributed by atoms with Crippen LogP contribution in [0.5, 0.6) is 0 Å². The summed E-state index contributed by atoms with van der Waals surface area (Å²) in [7, 11) is -3.63. The summed E-state index contributed by atoms with van der Waals surface area (Å²) < 4.78 is 23.1. The van der Waals surface area contributed by atoms with Crippen molar-refractivity contribution in [2.24, 2.45) is 5.14 Å². The SMILES string of the molecule is NS(=O)(=O)c1ccc(CNc2cncc(Br)c2)cc1. The highest BCUT2D eigenvalue weighted by Gasteiger charge is 2.06. The number of aromatic nitrogens is 1. The molecule has 0 unspecified atom stereocenters. The van der Waals surface area contributed by atoms with E-state index in [0.717, 1.165) is 15.7 Å². The smallest absolute Gasteiger partial charge is 0.238 e. The van der Waals surface area contributed by atoms with Gasteiger partial charge in [-0.15, -0.1) is 0 Å². The summed E-state index contributed by atoms with van der Waals surface area (Å²) in [4.78, 5) is 4.15. The number of rotatable bonds is 4. The molecular weight excluding hydrogens is 330 g/mol. The third-order valence-corrected chi connectivity index (χ3v) is 3.82. The number of pyridine rings is 1. The number of hydrogen-bond donors (Lipinski definition) is 2. The zero-order chi connectivity index (χ0) is 13.9. The molecule has 100 valence electrons. The van der Waals surface area contributed by atoms with Gasteiger partial charge in [-0.05, 0) is 39.7 Å². The minimum atomic E-state index is -3.63. The van der Waals surface area contributed by atoms with E-state index >= 15 is 0 Å². The summed E-state index contributed by atoms with van der Waals surface area (Å²) in [5.74, 6) is 0. The van der Waals surface area contributed by atoms with Gasteiger partial charge < -0.3 is 5.32 Å². The van der Waals surface area contributed by atoms with E-state index in [9.17, 15) is 8.42 Å². The first-order chi connectivity index (χ1) is 8.95. The zero-order valence-electron chi connectivity index (χ0n) is 9.88. The van der Waals surface area contributed by atoms with Crippen molar-refractivity contribution in [1.29, 1.82) is 0 Å². The molecule has 0 saturated heterocycles. The Bertz CT molecular complexity index is 672. The Kier molecular flexibility index (Phi) is 4.18. The molecular formula is C12H12BrN3O2S. The molecule has 0 fully saturated rings. The average molecular weight is 342 g/mol. The lowest BCUT2D eigenvalue weighted by molar-refractivity contribution is 0.598. The van der Waals surface area contributed by atoms with E-state index < -0.39 is 10.0 Å². The molecule has 0 aliphatic carbocycles. The molecule has 0 bridgehead atoms. The molecule has 0 aliphatic heterocycles. The second-order valence-electron chi connectivity index (χ2n) is 3.93. The summed E-state index contributed by atoms with van der Waals surface area (Å²) in [5.41, 5.74) is 1.83. The number of benzene rings is 1. The Morgan fingerprint density at radius 2 is 1.89 bits per heavy atom. The van der Waals surface area contributed by atoms with Crippen molar-refractivity contribution >= 4 is 31.6 Å². The van der Waals surface area contributed by atoms with Crippen LogP contribution in [-0.4, -0.2) is 13.4 Å². The van der Waals surface area contributed by atoms with Gasteiger partial charge in [-0.2, -0.15) is 0 Å². The number of halogens is 1. The van der Waals surface area contributed by atoms with E-state index in [1.807, 2.05) is 6.07 Å². The first kappa shape index (κ1) is 14.0. The van der Waals surface area contributed by atoms with Crippen LogP contribution < -0.4 is 10.5 Å². The molecule has 1 heterocycles. The lowest BCUT2D eigenvalue weighted by atomic mass is 10.2. The van der Waals surface area contributed by atoms with Crippen molar-refractivity contribution in [2.45, 2.75) is 11.4 Å². The van der Waals surface area contributed by atoms with E-state index in [4.69, 9.17) is 5.14 Å². The molecule has 5 nitrogen and oxygen atoms in total. The maximum Gasteiger partial charge on any atom is 0.238 e. The highest BCUT2D eigenvalue weighted by Crippen LogP contribution is 2.15. The Morgan fingerprint density at radius 1 is 1.21 bits per heavy atom. The lowest BCUT2D eigenvalue weighted by Gasteiger charge is -2.07. The Hall–Kier alpha value is -1.44. The highest BCUT2D eigenvalue weighted by molar-refractivity contribution is 9.10. The van der Waals surface area contributed by atoms with E-state index in [2.05, 4.69) is 26.2 Å². The number of hydrogen-bond acceptors (Lipinski definition) is 4. The van der Waals surface area contributed by atoms with Crippen molar-refractivity contribution in [3.63, 3.8) is 0 Å². The molecule has 0 radical (unpaired) electrons. The Labute approximate surface area is 120 Å². The molecule has 2 rings (SSSR count). The van der Waals surface area contributed by atoms with Crippen molar-refractivity contribution in [1.82, 2.24) is 4.98 Å². The lowest BCUT2D eigenvalue weighted by Crippen LogP contribution is -2.12. The number of nitrogens with two attached hydrogens (primary N) is 1. The molecule has 0 atom stereocenters. The predicted octanol–water partition coefficient (Wildman–Crippen LogP) is 2.10. The summed E-state index contributed by atoms with van der Waals surface area (Å²) in [6.07, 6.45) is 3.41. The van der Waals surface area contributed by atoms with Crippen LogP contribution in [0.1, 0.15) is 5.56 Å². The molecule has 1 aromatic carbocycles. The molecule has 19 heavy (non-hydrogen) atoms. The number of nitrogens with one attached hydrogen (secondary N) is 1. The largest absolute Gasteiger partial charge is 0.380 e. The molecule has 0 saturated carbocycles. The molecule has 1 aromatic heterocycles. The maximum atomic E-state index is 11.1. The number of nitrogens with zero attached hydrogens (tertiary/aromatic N) is 1. The van der Waals surface area contributed by atoms with Crippen LogP contribution in [0.2, 0.25) is 0 Å². The predicted molar refractivity (Wildman–Crippen MR) is 77.1 cm³/mol. The topological polar surface area (TPSA) is 85.1 Å². The van der Waals surface area contributed by atoms with Gasteiger partial charge in [-0.25, -0.2) is 13.6 Å². The molecule has 0 amide bonds. The minimum Gasteiger partial charge on any atom is -0.380 e. The van der Waals surface area contributed by atoms with Crippen molar-refractivity contribution < 1.29 is 8.42 Å². The van der Waals surface area contributed by atoms with E-state index in [0.29, 0.717) is 6.54 Å².